The Morgan fingerprint density at radius 2 is 1.75 bits per heavy atom. The van der Waals surface area contributed by atoms with Crippen LogP contribution >= 0.6 is 11.8 Å². The molecule has 1 atom stereocenters. The molecule has 2 aromatic carbocycles. The molecule has 2 aliphatic rings. The van der Waals surface area contributed by atoms with Crippen LogP contribution in [0.5, 0.6) is 0 Å². The average molecular weight is 451 g/mol. The number of halogens is 1. The van der Waals surface area contributed by atoms with Crippen LogP contribution in [0.15, 0.2) is 76.0 Å². The number of thioether (sulfide) groups is 1. The summed E-state index contributed by atoms with van der Waals surface area (Å²) in [5.41, 5.74) is 4.10. The Kier molecular flexibility index (Phi) is 5.99. The largest absolute Gasteiger partial charge is 0.362 e. The lowest BCUT2D eigenvalue weighted by molar-refractivity contribution is -0.118. The molecule has 1 aliphatic heterocycles. The first-order chi connectivity index (χ1) is 15.2. The van der Waals surface area contributed by atoms with E-state index in [2.05, 4.69) is 24.5 Å². The quantitative estimate of drug-likeness (QED) is 0.579. The highest BCUT2D eigenvalue weighted by Crippen LogP contribution is 2.46. The van der Waals surface area contributed by atoms with Gasteiger partial charge in [0.05, 0.1) is 0 Å². The molecule has 1 amide bonds. The van der Waals surface area contributed by atoms with E-state index < -0.39 is 5.92 Å². The van der Waals surface area contributed by atoms with Crippen molar-refractivity contribution in [1.29, 1.82) is 0 Å². The molecule has 2 aromatic rings. The third-order valence-electron chi connectivity index (χ3n) is 6.04. The lowest BCUT2D eigenvalue weighted by atomic mass is 9.68. The maximum Gasteiger partial charge on any atom is 0.254 e. The molecule has 0 bridgehead atoms. The molecular formula is C26H27FN2O2S. The minimum atomic E-state index is -0.453. The van der Waals surface area contributed by atoms with Crippen LogP contribution in [-0.4, -0.2) is 17.9 Å². The summed E-state index contributed by atoms with van der Waals surface area (Å²) in [7, 11) is 0. The summed E-state index contributed by atoms with van der Waals surface area (Å²) in [6.07, 6.45) is 3.20. The van der Waals surface area contributed by atoms with E-state index >= 15 is 0 Å². The van der Waals surface area contributed by atoms with E-state index in [1.54, 1.807) is 11.8 Å². The molecule has 1 unspecified atom stereocenters. The third kappa shape index (κ3) is 4.37. The minimum absolute atomic E-state index is 0.0716. The second-order valence-corrected chi connectivity index (χ2v) is 10.0. The van der Waals surface area contributed by atoms with Crippen LogP contribution in [0.25, 0.3) is 0 Å². The SMILES string of the molecule is CSc1ccc(C2C(C(=O)Nc3ccc(F)cc3)=C(C)NC3=C2C(=O)CC(C)(C)C3)cc1. The van der Waals surface area contributed by atoms with Crippen molar-refractivity contribution in [2.24, 2.45) is 5.41 Å². The number of allylic oxidation sites excluding steroid dienone is 3. The van der Waals surface area contributed by atoms with Gasteiger partial charge < -0.3 is 10.6 Å². The molecule has 0 spiro atoms. The summed E-state index contributed by atoms with van der Waals surface area (Å²) < 4.78 is 13.3. The zero-order chi connectivity index (χ0) is 23.0. The molecule has 4 nitrogen and oxygen atoms in total. The smallest absolute Gasteiger partial charge is 0.254 e. The van der Waals surface area contributed by atoms with Crippen molar-refractivity contribution in [1.82, 2.24) is 5.32 Å². The van der Waals surface area contributed by atoms with E-state index in [4.69, 9.17) is 0 Å². The van der Waals surface area contributed by atoms with Crippen LogP contribution < -0.4 is 10.6 Å². The Balaban J connectivity index is 1.79. The van der Waals surface area contributed by atoms with Gasteiger partial charge in [-0.2, -0.15) is 0 Å². The fourth-order valence-corrected chi connectivity index (χ4v) is 5.01. The molecule has 0 radical (unpaired) electrons. The van der Waals surface area contributed by atoms with E-state index in [9.17, 15) is 14.0 Å². The fraction of sp³-hybridized carbons (Fsp3) is 0.308. The molecule has 32 heavy (non-hydrogen) atoms. The van der Waals surface area contributed by atoms with Crippen LogP contribution in [0.1, 0.15) is 45.1 Å². The van der Waals surface area contributed by atoms with Gasteiger partial charge in [-0.3, -0.25) is 9.59 Å². The molecule has 0 saturated carbocycles. The monoisotopic (exact) mass is 450 g/mol. The number of hydrogen-bond acceptors (Lipinski definition) is 4. The van der Waals surface area contributed by atoms with Gasteiger partial charge in [0.15, 0.2) is 5.78 Å². The molecule has 6 heteroatoms. The predicted molar refractivity (Wildman–Crippen MR) is 127 cm³/mol. The fourth-order valence-electron chi connectivity index (χ4n) is 4.60. The Hall–Kier alpha value is -2.86. The zero-order valence-corrected chi connectivity index (χ0v) is 19.5. The van der Waals surface area contributed by atoms with Crippen molar-refractivity contribution < 1.29 is 14.0 Å². The van der Waals surface area contributed by atoms with Gasteiger partial charge in [0.1, 0.15) is 5.82 Å². The third-order valence-corrected chi connectivity index (χ3v) is 6.78. The van der Waals surface area contributed by atoms with Crippen molar-refractivity contribution in [2.75, 3.05) is 11.6 Å². The topological polar surface area (TPSA) is 58.2 Å². The van der Waals surface area contributed by atoms with Gasteiger partial charge in [0, 0.05) is 45.5 Å². The first-order valence-electron chi connectivity index (χ1n) is 10.6. The highest BCUT2D eigenvalue weighted by Gasteiger charge is 2.42. The average Bonchev–Trinajstić information content (AvgIpc) is 2.73. The summed E-state index contributed by atoms with van der Waals surface area (Å²) in [6, 6.07) is 13.7. The molecule has 166 valence electrons. The zero-order valence-electron chi connectivity index (χ0n) is 18.7. The van der Waals surface area contributed by atoms with Gasteiger partial charge in [-0.1, -0.05) is 26.0 Å². The number of carbonyl (C=O) groups excluding carboxylic acids is 2. The number of carbonyl (C=O) groups is 2. The van der Waals surface area contributed by atoms with Crippen LogP contribution in [0.2, 0.25) is 0 Å². The number of benzene rings is 2. The number of ketones is 1. The van der Waals surface area contributed by atoms with Crippen LogP contribution in [0.3, 0.4) is 0 Å². The predicted octanol–water partition coefficient (Wildman–Crippen LogP) is 5.79. The molecule has 1 heterocycles. The van der Waals surface area contributed by atoms with Gasteiger partial charge in [-0.05, 0) is 67.0 Å². The van der Waals surface area contributed by atoms with Gasteiger partial charge in [0.25, 0.3) is 5.91 Å². The highest BCUT2D eigenvalue weighted by molar-refractivity contribution is 7.98. The number of amides is 1. The van der Waals surface area contributed by atoms with Crippen LogP contribution in [-0.2, 0) is 9.59 Å². The molecular weight excluding hydrogens is 423 g/mol. The van der Waals surface area contributed by atoms with Crippen LogP contribution in [0.4, 0.5) is 10.1 Å². The van der Waals surface area contributed by atoms with Crippen molar-refractivity contribution in [3.05, 3.63) is 82.5 Å². The number of nitrogens with one attached hydrogen (secondary N) is 2. The molecule has 1 aliphatic carbocycles. The molecule has 0 aromatic heterocycles. The first-order valence-corrected chi connectivity index (χ1v) is 11.9. The summed E-state index contributed by atoms with van der Waals surface area (Å²) in [4.78, 5) is 27.9. The molecule has 2 N–H and O–H groups in total. The van der Waals surface area contributed by atoms with Crippen molar-refractivity contribution in [3.8, 4) is 0 Å². The number of dihydropyridines is 1. The van der Waals surface area contributed by atoms with Gasteiger partial charge in [0.2, 0.25) is 0 Å². The Bertz CT molecular complexity index is 1130. The van der Waals surface area contributed by atoms with Crippen molar-refractivity contribution in [3.63, 3.8) is 0 Å². The van der Waals surface area contributed by atoms with Crippen molar-refractivity contribution in [2.45, 2.75) is 44.4 Å². The molecule has 0 saturated heterocycles. The minimum Gasteiger partial charge on any atom is -0.362 e. The number of rotatable bonds is 4. The summed E-state index contributed by atoms with van der Waals surface area (Å²) in [5, 5.41) is 6.24. The Morgan fingerprint density at radius 3 is 2.38 bits per heavy atom. The second kappa shape index (κ2) is 8.58. The standard InChI is InChI=1S/C26H27FN2O2S/c1-15-22(25(31)29-18-9-7-17(27)8-10-18)23(16-5-11-19(32-4)12-6-16)24-20(28-15)13-26(2,3)14-21(24)30/h5-12,23,28H,13-14H2,1-4H3,(H,29,31). The lowest BCUT2D eigenvalue weighted by Gasteiger charge is -2.39. The Labute approximate surface area is 192 Å². The van der Waals surface area contributed by atoms with Gasteiger partial charge in [-0.15, -0.1) is 11.8 Å². The highest BCUT2D eigenvalue weighted by atomic mass is 32.2. The first kappa shape index (κ1) is 22.3. The summed E-state index contributed by atoms with van der Waals surface area (Å²) in [5.74, 6) is -1.05. The van der Waals surface area contributed by atoms with E-state index in [0.29, 0.717) is 23.3 Å². The maximum absolute atomic E-state index is 13.4. The van der Waals surface area contributed by atoms with E-state index in [0.717, 1.165) is 28.3 Å². The maximum atomic E-state index is 13.4. The summed E-state index contributed by atoms with van der Waals surface area (Å²) in [6.45, 7) is 6.06. The molecule has 0 fully saturated rings. The normalized spacial score (nSPS) is 20.0. The lowest BCUT2D eigenvalue weighted by Crippen LogP contribution is -2.39. The summed E-state index contributed by atoms with van der Waals surface area (Å²) >= 11 is 1.64. The molecule has 4 rings (SSSR count). The van der Waals surface area contributed by atoms with Crippen molar-refractivity contribution >= 4 is 29.1 Å². The van der Waals surface area contributed by atoms with Gasteiger partial charge in [-0.25, -0.2) is 4.39 Å². The number of Topliss-reactive ketones (excluding diaryl/α,β-unsaturated/α-hetero) is 1. The Morgan fingerprint density at radius 1 is 1.09 bits per heavy atom. The van der Waals surface area contributed by atoms with E-state index in [1.807, 2.05) is 37.4 Å². The van der Waals surface area contributed by atoms with Gasteiger partial charge >= 0.3 is 0 Å². The number of hydrogen-bond donors (Lipinski definition) is 2. The van der Waals surface area contributed by atoms with E-state index in [1.165, 1.54) is 24.3 Å². The van der Waals surface area contributed by atoms with Crippen LogP contribution in [0, 0.1) is 11.2 Å². The van der Waals surface area contributed by atoms with E-state index in [-0.39, 0.29) is 22.9 Å². The second-order valence-electron chi connectivity index (χ2n) is 9.16. The number of anilines is 1.